The smallest absolute Gasteiger partial charge is 0.335 e. The molecule has 110 valence electrons. The van der Waals surface area contributed by atoms with E-state index in [1.54, 1.807) is 37.3 Å². The van der Waals surface area contributed by atoms with Crippen LogP contribution >= 0.6 is 11.8 Å². The Morgan fingerprint density at radius 2 is 1.86 bits per heavy atom. The van der Waals surface area contributed by atoms with Crippen molar-refractivity contribution in [2.24, 2.45) is 5.14 Å². The fourth-order valence-electron chi connectivity index (χ4n) is 1.79. The molecule has 0 radical (unpaired) electrons. The minimum Gasteiger partial charge on any atom is -0.478 e. The molecule has 0 aliphatic carbocycles. The van der Waals surface area contributed by atoms with Crippen LogP contribution in [0.5, 0.6) is 0 Å². The number of hydrogen-bond acceptors (Lipinski definition) is 4. The van der Waals surface area contributed by atoms with E-state index in [1.807, 2.05) is 0 Å². The van der Waals surface area contributed by atoms with E-state index in [0.29, 0.717) is 15.4 Å². The molecule has 2 aromatic carbocycles. The molecule has 2 rings (SSSR count). The van der Waals surface area contributed by atoms with Crippen LogP contribution < -0.4 is 5.14 Å². The Kier molecular flexibility index (Phi) is 4.36. The highest BCUT2D eigenvalue weighted by atomic mass is 32.2. The minimum atomic E-state index is -3.83. The van der Waals surface area contributed by atoms with E-state index in [2.05, 4.69) is 0 Å². The Bertz CT molecular complexity index is 800. The zero-order valence-corrected chi connectivity index (χ0v) is 12.7. The van der Waals surface area contributed by atoms with Crippen molar-refractivity contribution < 1.29 is 18.3 Å². The number of carbonyl (C=O) groups is 1. The van der Waals surface area contributed by atoms with Gasteiger partial charge in [-0.1, -0.05) is 30.0 Å². The van der Waals surface area contributed by atoms with Gasteiger partial charge in [-0.3, -0.25) is 0 Å². The number of carboxylic acid groups (broad SMARTS) is 1. The van der Waals surface area contributed by atoms with Crippen LogP contribution in [0.4, 0.5) is 0 Å². The molecule has 0 spiro atoms. The normalized spacial score (nSPS) is 11.3. The summed E-state index contributed by atoms with van der Waals surface area (Å²) in [5.41, 5.74) is 0.833. The molecule has 5 nitrogen and oxygen atoms in total. The molecule has 0 unspecified atom stereocenters. The van der Waals surface area contributed by atoms with Crippen molar-refractivity contribution >= 4 is 27.8 Å². The molecule has 3 N–H and O–H groups in total. The predicted octanol–water partition coefficient (Wildman–Crippen LogP) is 2.49. The number of rotatable bonds is 4. The largest absolute Gasteiger partial charge is 0.478 e. The number of hydrogen-bond donors (Lipinski definition) is 2. The van der Waals surface area contributed by atoms with Gasteiger partial charge < -0.3 is 5.11 Å². The molecule has 0 atom stereocenters. The number of aromatic carboxylic acids is 1. The van der Waals surface area contributed by atoms with Crippen LogP contribution in [0.2, 0.25) is 0 Å². The van der Waals surface area contributed by atoms with E-state index in [1.165, 1.54) is 12.1 Å². The Labute approximate surface area is 126 Å². The Balaban J connectivity index is 2.45. The third-order valence-corrected chi connectivity index (χ3v) is 4.99. The van der Waals surface area contributed by atoms with Crippen molar-refractivity contribution in [2.75, 3.05) is 0 Å². The van der Waals surface area contributed by atoms with Crippen LogP contribution in [0, 0.1) is 6.92 Å². The third kappa shape index (κ3) is 3.63. The molecule has 0 aliphatic rings. The molecule has 0 fully saturated rings. The maximum atomic E-state index is 11.5. The van der Waals surface area contributed by atoms with Gasteiger partial charge in [0.2, 0.25) is 10.0 Å². The molecule has 0 saturated carbocycles. The standard InChI is InChI=1S/C14H13NO4S2/c1-9-6-7-10(8-11(9)14(16)17)20-12-4-2-3-5-13(12)21(15,18)19/h2-8H,1H3,(H,16,17)(H2,15,18,19). The van der Waals surface area contributed by atoms with Gasteiger partial charge in [0, 0.05) is 9.79 Å². The fourth-order valence-corrected chi connectivity index (χ4v) is 3.76. The second kappa shape index (κ2) is 5.88. The van der Waals surface area contributed by atoms with E-state index < -0.39 is 16.0 Å². The van der Waals surface area contributed by atoms with Gasteiger partial charge >= 0.3 is 5.97 Å². The summed E-state index contributed by atoms with van der Waals surface area (Å²) < 4.78 is 23.1. The summed E-state index contributed by atoms with van der Waals surface area (Å²) in [7, 11) is -3.83. The van der Waals surface area contributed by atoms with Crippen molar-refractivity contribution in [1.82, 2.24) is 0 Å². The summed E-state index contributed by atoms with van der Waals surface area (Å²) in [6.07, 6.45) is 0. The quantitative estimate of drug-likeness (QED) is 0.901. The predicted molar refractivity (Wildman–Crippen MR) is 80.1 cm³/mol. The Morgan fingerprint density at radius 3 is 2.48 bits per heavy atom. The zero-order valence-electron chi connectivity index (χ0n) is 11.1. The Morgan fingerprint density at radius 1 is 1.19 bits per heavy atom. The highest BCUT2D eigenvalue weighted by Crippen LogP contribution is 2.33. The van der Waals surface area contributed by atoms with E-state index in [4.69, 9.17) is 10.2 Å². The van der Waals surface area contributed by atoms with Crippen molar-refractivity contribution in [2.45, 2.75) is 21.6 Å². The second-order valence-corrected chi connectivity index (χ2v) is 7.02. The summed E-state index contributed by atoms with van der Waals surface area (Å²) in [4.78, 5) is 12.2. The molecule has 0 amide bonds. The molecular formula is C14H13NO4S2. The number of sulfonamides is 1. The van der Waals surface area contributed by atoms with Crippen LogP contribution in [0.1, 0.15) is 15.9 Å². The molecule has 0 aromatic heterocycles. The van der Waals surface area contributed by atoms with Gasteiger partial charge in [0.05, 0.1) is 10.5 Å². The van der Waals surface area contributed by atoms with Crippen LogP contribution in [0.25, 0.3) is 0 Å². The van der Waals surface area contributed by atoms with Gasteiger partial charge in [0.25, 0.3) is 0 Å². The van der Waals surface area contributed by atoms with Gasteiger partial charge in [0.1, 0.15) is 0 Å². The first-order chi connectivity index (χ1) is 9.79. The first-order valence-electron chi connectivity index (χ1n) is 5.92. The number of nitrogens with two attached hydrogens (primary N) is 1. The van der Waals surface area contributed by atoms with E-state index >= 15 is 0 Å². The highest BCUT2D eigenvalue weighted by Gasteiger charge is 2.15. The molecule has 0 saturated heterocycles. The van der Waals surface area contributed by atoms with E-state index in [9.17, 15) is 13.2 Å². The third-order valence-electron chi connectivity index (χ3n) is 2.82. The lowest BCUT2D eigenvalue weighted by Gasteiger charge is -2.08. The van der Waals surface area contributed by atoms with Gasteiger partial charge in [-0.25, -0.2) is 18.4 Å². The topological polar surface area (TPSA) is 97.5 Å². The van der Waals surface area contributed by atoms with Gasteiger partial charge in [0.15, 0.2) is 0 Å². The number of carboxylic acids is 1. The zero-order chi connectivity index (χ0) is 15.6. The maximum Gasteiger partial charge on any atom is 0.335 e. The van der Waals surface area contributed by atoms with Crippen LogP contribution in [-0.2, 0) is 10.0 Å². The first-order valence-corrected chi connectivity index (χ1v) is 8.29. The Hall–Kier alpha value is -1.83. The number of aryl methyl sites for hydroxylation is 1. The summed E-state index contributed by atoms with van der Waals surface area (Å²) in [6, 6.07) is 11.3. The average molecular weight is 323 g/mol. The van der Waals surface area contributed by atoms with Crippen LogP contribution in [-0.4, -0.2) is 19.5 Å². The molecule has 0 heterocycles. The highest BCUT2D eigenvalue weighted by molar-refractivity contribution is 8.00. The van der Waals surface area contributed by atoms with Crippen LogP contribution in [0.3, 0.4) is 0 Å². The average Bonchev–Trinajstić information content (AvgIpc) is 2.40. The monoisotopic (exact) mass is 323 g/mol. The molecular weight excluding hydrogens is 310 g/mol. The lowest BCUT2D eigenvalue weighted by molar-refractivity contribution is 0.0696. The summed E-state index contributed by atoms with van der Waals surface area (Å²) in [5.74, 6) is -1.02. The van der Waals surface area contributed by atoms with Gasteiger partial charge in [-0.2, -0.15) is 0 Å². The lowest BCUT2D eigenvalue weighted by atomic mass is 10.1. The van der Waals surface area contributed by atoms with E-state index in [0.717, 1.165) is 11.8 Å². The summed E-state index contributed by atoms with van der Waals surface area (Å²) in [5, 5.41) is 14.3. The van der Waals surface area contributed by atoms with Crippen molar-refractivity contribution in [3.63, 3.8) is 0 Å². The number of benzene rings is 2. The second-order valence-electron chi connectivity index (χ2n) is 4.38. The van der Waals surface area contributed by atoms with Gasteiger partial charge in [-0.05, 0) is 36.8 Å². The molecule has 2 aromatic rings. The molecule has 0 bridgehead atoms. The summed E-state index contributed by atoms with van der Waals surface area (Å²) >= 11 is 1.16. The molecule has 21 heavy (non-hydrogen) atoms. The summed E-state index contributed by atoms with van der Waals surface area (Å²) in [6.45, 7) is 1.70. The van der Waals surface area contributed by atoms with Crippen LogP contribution in [0.15, 0.2) is 57.2 Å². The van der Waals surface area contributed by atoms with E-state index in [-0.39, 0.29) is 10.5 Å². The minimum absolute atomic E-state index is 0.0208. The van der Waals surface area contributed by atoms with Gasteiger partial charge in [-0.15, -0.1) is 0 Å². The molecule has 7 heteroatoms. The molecule has 0 aliphatic heterocycles. The lowest BCUT2D eigenvalue weighted by Crippen LogP contribution is -2.13. The van der Waals surface area contributed by atoms with Crippen molar-refractivity contribution in [3.8, 4) is 0 Å². The SMILES string of the molecule is Cc1ccc(Sc2ccccc2S(N)(=O)=O)cc1C(=O)O. The van der Waals surface area contributed by atoms with Crippen molar-refractivity contribution in [1.29, 1.82) is 0 Å². The first kappa shape index (κ1) is 15.6. The number of primary sulfonamides is 1. The van der Waals surface area contributed by atoms with Crippen molar-refractivity contribution in [3.05, 3.63) is 53.6 Å². The maximum absolute atomic E-state index is 11.5. The fraction of sp³-hybridized carbons (Fsp3) is 0.0714.